The number of carbonyl (C=O) groups is 1. The van der Waals surface area contributed by atoms with Gasteiger partial charge in [0, 0.05) is 12.1 Å². The normalized spacial score (nSPS) is 32.9. The van der Waals surface area contributed by atoms with Crippen LogP contribution in [-0.4, -0.2) is 73.2 Å². The summed E-state index contributed by atoms with van der Waals surface area (Å²) < 4.78 is 17.0. The molecule has 2 aromatic rings. The monoisotopic (exact) mass is 434 g/mol. The highest BCUT2D eigenvalue weighted by molar-refractivity contribution is 6.05. The Kier molecular flexibility index (Phi) is 5.50. The van der Waals surface area contributed by atoms with Gasteiger partial charge in [-0.05, 0) is 24.6 Å². The van der Waals surface area contributed by atoms with Crippen LogP contribution >= 0.6 is 0 Å². The van der Waals surface area contributed by atoms with E-state index < -0.39 is 54.4 Å². The van der Waals surface area contributed by atoms with Crippen LogP contribution in [-0.2, 0) is 9.47 Å². The van der Waals surface area contributed by atoms with Gasteiger partial charge in [0.1, 0.15) is 46.9 Å². The van der Waals surface area contributed by atoms with E-state index in [1.807, 2.05) is 0 Å². The van der Waals surface area contributed by atoms with Crippen molar-refractivity contribution in [3.8, 4) is 23.0 Å². The predicted molar refractivity (Wildman–Crippen MR) is 103 cm³/mol. The van der Waals surface area contributed by atoms with Crippen LogP contribution in [0.5, 0.6) is 23.0 Å². The van der Waals surface area contributed by atoms with Crippen LogP contribution in [0.4, 0.5) is 0 Å². The van der Waals surface area contributed by atoms with Crippen LogP contribution in [0.3, 0.4) is 0 Å². The zero-order chi connectivity index (χ0) is 22.4. The number of benzene rings is 2. The molecule has 4 rings (SSSR count). The van der Waals surface area contributed by atoms with Gasteiger partial charge in [-0.15, -0.1) is 0 Å². The third-order valence-electron chi connectivity index (χ3n) is 5.41. The average Bonchev–Trinajstić information content (AvgIpc) is 2.72. The van der Waals surface area contributed by atoms with Crippen LogP contribution < -0.4 is 4.74 Å². The molecule has 0 aliphatic carbocycles. The maximum Gasteiger partial charge on any atom is 0.203 e. The maximum absolute atomic E-state index is 13.3. The highest BCUT2D eigenvalue weighted by Crippen LogP contribution is 2.43. The van der Waals surface area contributed by atoms with E-state index in [-0.39, 0.29) is 22.8 Å². The van der Waals surface area contributed by atoms with Crippen molar-refractivity contribution in [2.24, 2.45) is 0 Å². The summed E-state index contributed by atoms with van der Waals surface area (Å²) in [6.45, 7) is 1.47. The molecule has 0 radical (unpaired) electrons. The first kappa shape index (κ1) is 21.3. The highest BCUT2D eigenvalue weighted by atomic mass is 16.7. The number of carbonyl (C=O) groups excluding carboxylic acids is 1. The van der Waals surface area contributed by atoms with Crippen LogP contribution in [0.25, 0.3) is 0 Å². The number of phenols is 3. The van der Waals surface area contributed by atoms with E-state index in [9.17, 15) is 35.4 Å². The van der Waals surface area contributed by atoms with Crippen LogP contribution in [0.1, 0.15) is 28.9 Å². The number of aliphatic hydroxyl groups is 3. The lowest BCUT2D eigenvalue weighted by Crippen LogP contribution is -2.59. The summed E-state index contributed by atoms with van der Waals surface area (Å²) in [4.78, 5) is 13.3. The van der Waals surface area contributed by atoms with Crippen molar-refractivity contribution in [2.45, 2.75) is 49.8 Å². The van der Waals surface area contributed by atoms with Gasteiger partial charge in [-0.25, -0.2) is 0 Å². The SMILES string of the molecule is C[C@@H]1O[C@H](O[C@H]2C(=O)c3c(O)cc(O)cc3O[C@H]2c2ccc(O)cc2)[C@@H](O)[C@H](O)[C@H]1O. The lowest BCUT2D eigenvalue weighted by molar-refractivity contribution is -0.304. The van der Waals surface area contributed by atoms with Crippen molar-refractivity contribution in [3.63, 3.8) is 0 Å². The molecule has 0 bridgehead atoms. The third kappa shape index (κ3) is 3.80. The van der Waals surface area contributed by atoms with Gasteiger partial charge in [-0.3, -0.25) is 4.79 Å². The van der Waals surface area contributed by atoms with Crippen molar-refractivity contribution >= 4 is 5.78 Å². The van der Waals surface area contributed by atoms with Crippen LogP contribution in [0.15, 0.2) is 36.4 Å². The molecule has 1 fully saturated rings. The minimum Gasteiger partial charge on any atom is -0.508 e. The number of Topliss-reactive ketones (excluding diaryl/α,β-unsaturated/α-hetero) is 1. The zero-order valence-corrected chi connectivity index (χ0v) is 16.3. The smallest absolute Gasteiger partial charge is 0.203 e. The van der Waals surface area contributed by atoms with Crippen LogP contribution in [0, 0.1) is 0 Å². The molecular weight excluding hydrogens is 412 g/mol. The first-order chi connectivity index (χ1) is 14.7. The minimum atomic E-state index is -1.66. The number of phenolic OH excluding ortho intramolecular Hbond substituents is 3. The molecule has 2 aromatic carbocycles. The third-order valence-corrected chi connectivity index (χ3v) is 5.41. The number of ketones is 1. The summed E-state index contributed by atoms with van der Waals surface area (Å²) >= 11 is 0. The predicted octanol–water partition coefficient (Wildman–Crippen LogP) is 0.332. The fraction of sp³-hybridized carbons (Fsp3) is 0.381. The fourth-order valence-corrected chi connectivity index (χ4v) is 3.72. The number of ether oxygens (including phenoxy) is 3. The van der Waals surface area contributed by atoms with Gasteiger partial charge in [0.25, 0.3) is 0 Å². The highest BCUT2D eigenvalue weighted by Gasteiger charge is 2.48. The van der Waals surface area contributed by atoms with Crippen molar-refractivity contribution in [1.82, 2.24) is 0 Å². The van der Waals surface area contributed by atoms with Crippen molar-refractivity contribution in [1.29, 1.82) is 0 Å². The summed E-state index contributed by atoms with van der Waals surface area (Å²) in [5.74, 6) is -1.64. The van der Waals surface area contributed by atoms with Gasteiger partial charge in [-0.1, -0.05) is 12.1 Å². The topological polar surface area (TPSA) is 166 Å². The summed E-state index contributed by atoms with van der Waals surface area (Å²) in [5.41, 5.74) is 0.195. The Morgan fingerprint density at radius 3 is 2.26 bits per heavy atom. The van der Waals surface area contributed by atoms with Crippen molar-refractivity contribution in [3.05, 3.63) is 47.5 Å². The largest absolute Gasteiger partial charge is 0.508 e. The van der Waals surface area contributed by atoms with E-state index in [0.29, 0.717) is 5.56 Å². The Morgan fingerprint density at radius 1 is 0.903 bits per heavy atom. The maximum atomic E-state index is 13.3. The quantitative estimate of drug-likeness (QED) is 0.396. The molecule has 2 aliphatic rings. The van der Waals surface area contributed by atoms with Gasteiger partial charge < -0.3 is 44.8 Å². The molecule has 0 unspecified atom stereocenters. The molecule has 166 valence electrons. The molecule has 0 saturated carbocycles. The van der Waals surface area contributed by atoms with E-state index >= 15 is 0 Å². The molecule has 0 amide bonds. The summed E-state index contributed by atoms with van der Waals surface area (Å²) in [6.07, 6.45) is -9.49. The molecule has 1 saturated heterocycles. The van der Waals surface area contributed by atoms with Gasteiger partial charge in [0.2, 0.25) is 5.78 Å². The summed E-state index contributed by atoms with van der Waals surface area (Å²) in [5, 5.41) is 59.8. The van der Waals surface area contributed by atoms with E-state index in [1.54, 1.807) is 0 Å². The van der Waals surface area contributed by atoms with E-state index in [4.69, 9.17) is 14.2 Å². The Bertz CT molecular complexity index is 975. The molecule has 10 heteroatoms. The van der Waals surface area contributed by atoms with E-state index in [2.05, 4.69) is 0 Å². The Hall–Kier alpha value is -2.89. The number of fused-ring (bicyclic) bond motifs is 1. The van der Waals surface area contributed by atoms with Gasteiger partial charge in [-0.2, -0.15) is 0 Å². The summed E-state index contributed by atoms with van der Waals surface area (Å²) in [7, 11) is 0. The molecule has 2 aliphatic heterocycles. The fourth-order valence-electron chi connectivity index (χ4n) is 3.72. The van der Waals surface area contributed by atoms with Crippen molar-refractivity contribution in [2.75, 3.05) is 0 Å². The zero-order valence-electron chi connectivity index (χ0n) is 16.3. The van der Waals surface area contributed by atoms with Crippen molar-refractivity contribution < 1.29 is 49.6 Å². The molecule has 6 N–H and O–H groups in total. The molecule has 2 heterocycles. The molecule has 10 nitrogen and oxygen atoms in total. The molecule has 0 aromatic heterocycles. The Morgan fingerprint density at radius 2 is 1.58 bits per heavy atom. The molecular formula is C21H22O10. The lowest BCUT2D eigenvalue weighted by Gasteiger charge is -2.42. The Labute approximate surface area is 176 Å². The molecule has 0 spiro atoms. The lowest BCUT2D eigenvalue weighted by atomic mass is 9.92. The number of hydrogen-bond acceptors (Lipinski definition) is 10. The number of hydrogen-bond donors (Lipinski definition) is 6. The molecule has 31 heavy (non-hydrogen) atoms. The van der Waals surface area contributed by atoms with Gasteiger partial charge >= 0.3 is 0 Å². The number of rotatable bonds is 3. The van der Waals surface area contributed by atoms with E-state index in [1.165, 1.54) is 37.3 Å². The Balaban J connectivity index is 1.73. The number of aliphatic hydroxyl groups excluding tert-OH is 3. The summed E-state index contributed by atoms with van der Waals surface area (Å²) in [6, 6.07) is 7.90. The number of aromatic hydroxyl groups is 3. The average molecular weight is 434 g/mol. The standard InChI is InChI=1S/C21H22O10/c1-8-15(25)17(27)18(28)21(29-8)31-20-16(26)14-12(24)6-11(23)7-13(14)30-19(20)9-2-4-10(22)5-3-9/h2-8,15,17-25,27-28H,1H3/t8-,15-,17+,18-,19-,20-,21+/m0/s1. The van der Waals surface area contributed by atoms with Gasteiger partial charge in [0.05, 0.1) is 6.10 Å². The second-order valence-electron chi connectivity index (χ2n) is 7.57. The van der Waals surface area contributed by atoms with Gasteiger partial charge in [0.15, 0.2) is 18.5 Å². The molecule has 7 atom stereocenters. The van der Waals surface area contributed by atoms with Crippen LogP contribution in [0.2, 0.25) is 0 Å². The first-order valence-electron chi connectivity index (χ1n) is 9.58. The second-order valence-corrected chi connectivity index (χ2v) is 7.57. The van der Waals surface area contributed by atoms with E-state index in [0.717, 1.165) is 6.07 Å². The minimum absolute atomic E-state index is 0.0176. The second kappa shape index (κ2) is 7.98. The first-order valence-corrected chi connectivity index (χ1v) is 9.58.